The fraction of sp³-hybridized carbons (Fsp3) is 0.571. The Morgan fingerprint density at radius 3 is 2.53 bits per heavy atom. The SMILES string of the molecule is Cc1cc(CCC[C@H](C)N(C)C)cc(Cl)c1F. The summed E-state index contributed by atoms with van der Waals surface area (Å²) >= 11 is 5.83. The van der Waals surface area contributed by atoms with E-state index in [1.807, 2.05) is 6.07 Å². The monoisotopic (exact) mass is 257 g/mol. The molecule has 0 heterocycles. The van der Waals surface area contributed by atoms with Gasteiger partial charge in [-0.05, 0) is 64.4 Å². The molecule has 0 amide bonds. The van der Waals surface area contributed by atoms with Crippen molar-refractivity contribution in [2.75, 3.05) is 14.1 Å². The molecule has 0 aliphatic carbocycles. The van der Waals surface area contributed by atoms with Crippen LogP contribution in [0.4, 0.5) is 4.39 Å². The molecule has 3 heteroatoms. The summed E-state index contributed by atoms with van der Waals surface area (Å²) in [7, 11) is 4.17. The summed E-state index contributed by atoms with van der Waals surface area (Å²) in [5.41, 5.74) is 1.76. The van der Waals surface area contributed by atoms with E-state index in [1.54, 1.807) is 13.0 Å². The van der Waals surface area contributed by atoms with Gasteiger partial charge in [0.2, 0.25) is 0 Å². The van der Waals surface area contributed by atoms with Gasteiger partial charge in [-0.2, -0.15) is 0 Å². The maximum Gasteiger partial charge on any atom is 0.144 e. The predicted octanol–water partition coefficient (Wildman–Crippen LogP) is 4.06. The average Bonchev–Trinajstić information content (AvgIpc) is 2.25. The van der Waals surface area contributed by atoms with Crippen molar-refractivity contribution < 1.29 is 4.39 Å². The summed E-state index contributed by atoms with van der Waals surface area (Å²) in [5.74, 6) is -0.294. The molecule has 0 radical (unpaired) electrons. The molecular weight excluding hydrogens is 237 g/mol. The highest BCUT2D eigenvalue weighted by molar-refractivity contribution is 6.30. The molecular formula is C14H21ClFN. The first-order chi connectivity index (χ1) is 7.91. The molecule has 0 N–H and O–H groups in total. The fourth-order valence-electron chi connectivity index (χ4n) is 1.80. The molecule has 96 valence electrons. The Labute approximate surface area is 109 Å². The van der Waals surface area contributed by atoms with Crippen LogP contribution in [-0.2, 0) is 6.42 Å². The Hall–Kier alpha value is -0.600. The van der Waals surface area contributed by atoms with Gasteiger partial charge in [-0.3, -0.25) is 0 Å². The van der Waals surface area contributed by atoms with E-state index in [4.69, 9.17) is 11.6 Å². The van der Waals surface area contributed by atoms with Crippen LogP contribution in [0, 0.1) is 12.7 Å². The number of rotatable bonds is 5. The standard InChI is InChI=1S/C14H21ClFN/c1-10-8-12(9-13(15)14(10)16)7-5-6-11(2)17(3)4/h8-9,11H,5-7H2,1-4H3/t11-/m0/s1. The first-order valence-corrected chi connectivity index (χ1v) is 6.40. The maximum absolute atomic E-state index is 13.3. The summed E-state index contributed by atoms with van der Waals surface area (Å²) in [6.45, 7) is 3.97. The van der Waals surface area contributed by atoms with Crippen LogP contribution >= 0.6 is 11.6 Å². The Balaban J connectivity index is 2.53. The van der Waals surface area contributed by atoms with Crippen LogP contribution in [-0.4, -0.2) is 25.0 Å². The molecule has 0 spiro atoms. The Morgan fingerprint density at radius 1 is 1.35 bits per heavy atom. The fourth-order valence-corrected chi connectivity index (χ4v) is 2.09. The number of hydrogen-bond acceptors (Lipinski definition) is 1. The topological polar surface area (TPSA) is 3.24 Å². The molecule has 1 rings (SSSR count). The second-order valence-electron chi connectivity index (χ2n) is 4.91. The molecule has 1 aromatic carbocycles. The Bertz CT molecular complexity index is 353. The molecule has 0 saturated carbocycles. The van der Waals surface area contributed by atoms with Gasteiger partial charge in [-0.25, -0.2) is 4.39 Å². The molecule has 0 fully saturated rings. The molecule has 0 aromatic heterocycles. The van der Waals surface area contributed by atoms with Crippen molar-refractivity contribution in [1.82, 2.24) is 4.90 Å². The van der Waals surface area contributed by atoms with Gasteiger partial charge < -0.3 is 4.90 Å². The highest BCUT2D eigenvalue weighted by atomic mass is 35.5. The highest BCUT2D eigenvalue weighted by Crippen LogP contribution is 2.21. The van der Waals surface area contributed by atoms with E-state index in [0.717, 1.165) is 24.8 Å². The zero-order valence-electron chi connectivity index (χ0n) is 11.1. The third kappa shape index (κ3) is 4.29. The van der Waals surface area contributed by atoms with Gasteiger partial charge in [0.25, 0.3) is 0 Å². The van der Waals surface area contributed by atoms with Crippen molar-refractivity contribution in [3.8, 4) is 0 Å². The van der Waals surface area contributed by atoms with Gasteiger partial charge in [-0.15, -0.1) is 0 Å². The van der Waals surface area contributed by atoms with E-state index in [9.17, 15) is 4.39 Å². The number of nitrogens with zero attached hydrogens (tertiary/aromatic N) is 1. The third-order valence-corrected chi connectivity index (χ3v) is 3.51. The molecule has 0 aliphatic heterocycles. The van der Waals surface area contributed by atoms with E-state index < -0.39 is 0 Å². The Morgan fingerprint density at radius 2 is 2.00 bits per heavy atom. The first kappa shape index (κ1) is 14.5. The summed E-state index contributed by atoms with van der Waals surface area (Å²) in [6.07, 6.45) is 3.20. The van der Waals surface area contributed by atoms with E-state index in [0.29, 0.717) is 11.6 Å². The highest BCUT2D eigenvalue weighted by Gasteiger charge is 2.07. The van der Waals surface area contributed by atoms with Crippen molar-refractivity contribution in [2.24, 2.45) is 0 Å². The van der Waals surface area contributed by atoms with Gasteiger partial charge in [0.15, 0.2) is 0 Å². The van der Waals surface area contributed by atoms with Crippen molar-refractivity contribution in [2.45, 2.75) is 39.2 Å². The molecule has 0 saturated heterocycles. The minimum Gasteiger partial charge on any atom is -0.307 e. The largest absolute Gasteiger partial charge is 0.307 e. The van der Waals surface area contributed by atoms with Gasteiger partial charge in [0.05, 0.1) is 5.02 Å². The van der Waals surface area contributed by atoms with Gasteiger partial charge in [-0.1, -0.05) is 17.7 Å². The third-order valence-electron chi connectivity index (χ3n) is 3.24. The maximum atomic E-state index is 13.3. The van der Waals surface area contributed by atoms with Gasteiger partial charge >= 0.3 is 0 Å². The van der Waals surface area contributed by atoms with Crippen molar-refractivity contribution in [1.29, 1.82) is 0 Å². The van der Waals surface area contributed by atoms with Crippen LogP contribution in [0.15, 0.2) is 12.1 Å². The normalized spacial score (nSPS) is 13.1. The molecule has 1 atom stereocenters. The minimum absolute atomic E-state index is 0.237. The van der Waals surface area contributed by atoms with Crippen LogP contribution < -0.4 is 0 Å². The molecule has 1 nitrogen and oxygen atoms in total. The first-order valence-electron chi connectivity index (χ1n) is 6.02. The summed E-state index contributed by atoms with van der Waals surface area (Å²) in [5, 5.41) is 0.237. The van der Waals surface area contributed by atoms with E-state index >= 15 is 0 Å². The number of halogens is 2. The van der Waals surface area contributed by atoms with Crippen LogP contribution in [0.2, 0.25) is 5.02 Å². The van der Waals surface area contributed by atoms with Crippen molar-refractivity contribution in [3.05, 3.63) is 34.1 Å². The second kappa shape index (κ2) is 6.36. The van der Waals surface area contributed by atoms with E-state index in [2.05, 4.69) is 25.9 Å². The van der Waals surface area contributed by atoms with E-state index in [1.165, 1.54) is 0 Å². The molecule has 0 unspecified atom stereocenters. The number of hydrogen-bond donors (Lipinski definition) is 0. The lowest BCUT2D eigenvalue weighted by atomic mass is 10.0. The number of benzene rings is 1. The predicted molar refractivity (Wildman–Crippen MR) is 72.2 cm³/mol. The van der Waals surface area contributed by atoms with Crippen molar-refractivity contribution in [3.63, 3.8) is 0 Å². The summed E-state index contributed by atoms with van der Waals surface area (Å²) in [6, 6.07) is 4.21. The lowest BCUT2D eigenvalue weighted by Gasteiger charge is -2.19. The second-order valence-corrected chi connectivity index (χ2v) is 5.32. The lowest BCUT2D eigenvalue weighted by Crippen LogP contribution is -2.24. The molecule has 17 heavy (non-hydrogen) atoms. The summed E-state index contributed by atoms with van der Waals surface area (Å²) in [4.78, 5) is 2.21. The quantitative estimate of drug-likeness (QED) is 0.769. The van der Waals surface area contributed by atoms with E-state index in [-0.39, 0.29) is 10.8 Å². The van der Waals surface area contributed by atoms with Crippen molar-refractivity contribution >= 4 is 11.6 Å². The molecule has 0 bridgehead atoms. The van der Waals surface area contributed by atoms with Crippen LogP contribution in [0.25, 0.3) is 0 Å². The van der Waals surface area contributed by atoms with Crippen LogP contribution in [0.1, 0.15) is 30.9 Å². The van der Waals surface area contributed by atoms with Gasteiger partial charge in [0, 0.05) is 6.04 Å². The van der Waals surface area contributed by atoms with Gasteiger partial charge in [0.1, 0.15) is 5.82 Å². The average molecular weight is 258 g/mol. The zero-order chi connectivity index (χ0) is 13.0. The Kier molecular flexibility index (Phi) is 5.41. The smallest absolute Gasteiger partial charge is 0.144 e. The van der Waals surface area contributed by atoms with Crippen LogP contribution in [0.5, 0.6) is 0 Å². The molecule has 0 aliphatic rings. The minimum atomic E-state index is -0.294. The lowest BCUT2D eigenvalue weighted by molar-refractivity contribution is 0.294. The number of aryl methyl sites for hydroxylation is 2. The summed E-state index contributed by atoms with van der Waals surface area (Å²) < 4.78 is 13.3. The molecule has 1 aromatic rings. The van der Waals surface area contributed by atoms with Crippen LogP contribution in [0.3, 0.4) is 0 Å². The zero-order valence-corrected chi connectivity index (χ0v) is 11.8.